The van der Waals surface area contributed by atoms with Crippen LogP contribution in [0.4, 0.5) is 10.5 Å². The molecule has 5 rings (SSSR count). The predicted octanol–water partition coefficient (Wildman–Crippen LogP) is 7.03. The Bertz CT molecular complexity index is 1420. The van der Waals surface area contributed by atoms with Crippen molar-refractivity contribution in [2.75, 3.05) is 18.6 Å². The van der Waals surface area contributed by atoms with Crippen LogP contribution in [0.5, 0.6) is 17.2 Å². The first kappa shape index (κ1) is 26.6. The number of carbonyl (C=O) groups is 1. The number of hydrogen-bond acceptors (Lipinski definition) is 6. The van der Waals surface area contributed by atoms with Gasteiger partial charge in [0.15, 0.2) is 11.5 Å². The number of carbonyl (C=O) groups excluding carboxylic acids is 1. The van der Waals surface area contributed by atoms with E-state index < -0.39 is 18.2 Å². The molecule has 7 nitrogen and oxygen atoms in total. The molecule has 1 aliphatic rings. The van der Waals surface area contributed by atoms with Gasteiger partial charge in [0.05, 0.1) is 26.0 Å². The number of phenols is 1. The lowest BCUT2D eigenvalue weighted by atomic mass is 9.96. The second kappa shape index (κ2) is 12.2. The molecule has 0 aliphatic carbocycles. The standard InChI is InChI=1S/C31H28BrNO6/c1-36-28-16-23(12-14-26(28)34)30-29(20-37-18-21-8-4-2-5-9-21)39-27-15-13-24(32)17-25(27)33(30)31(35)38-19-22-10-6-3-7-11-22/h2-17,29-30,34H,18-20H2,1H3/t29-,30-/m0/s1. The Balaban J connectivity index is 1.51. The summed E-state index contributed by atoms with van der Waals surface area (Å²) in [4.78, 5) is 15.4. The summed E-state index contributed by atoms with van der Waals surface area (Å²) in [5, 5.41) is 10.3. The van der Waals surface area contributed by atoms with Crippen LogP contribution in [0.2, 0.25) is 0 Å². The zero-order valence-corrected chi connectivity index (χ0v) is 22.9. The van der Waals surface area contributed by atoms with Crippen LogP contribution in [-0.2, 0) is 22.7 Å². The largest absolute Gasteiger partial charge is 0.504 e. The van der Waals surface area contributed by atoms with Crippen LogP contribution in [0, 0.1) is 0 Å². The molecular weight excluding hydrogens is 562 g/mol. The van der Waals surface area contributed by atoms with E-state index in [2.05, 4.69) is 15.9 Å². The van der Waals surface area contributed by atoms with Gasteiger partial charge in [0.25, 0.3) is 0 Å². The molecule has 0 aromatic heterocycles. The highest BCUT2D eigenvalue weighted by atomic mass is 79.9. The number of rotatable bonds is 8. The Labute approximate surface area is 235 Å². The van der Waals surface area contributed by atoms with E-state index in [9.17, 15) is 9.90 Å². The molecule has 4 aromatic carbocycles. The van der Waals surface area contributed by atoms with E-state index in [1.807, 2.05) is 78.9 Å². The minimum atomic E-state index is -0.639. The van der Waals surface area contributed by atoms with Gasteiger partial charge in [-0.05, 0) is 47.0 Å². The molecule has 1 aliphatic heterocycles. The van der Waals surface area contributed by atoms with Gasteiger partial charge in [0, 0.05) is 4.47 Å². The summed E-state index contributed by atoms with van der Waals surface area (Å²) in [5.74, 6) is 0.815. The number of benzene rings is 4. The molecule has 0 bridgehead atoms. The number of amides is 1. The molecule has 8 heteroatoms. The summed E-state index contributed by atoms with van der Waals surface area (Å²) in [7, 11) is 1.48. The maximum Gasteiger partial charge on any atom is 0.415 e. The SMILES string of the molecule is COc1cc([C@H]2[C@H](COCc3ccccc3)Oc3ccc(Br)cc3N2C(=O)OCc2ccccc2)ccc1O. The fourth-order valence-corrected chi connectivity index (χ4v) is 4.91. The van der Waals surface area contributed by atoms with Gasteiger partial charge in [0.1, 0.15) is 24.5 Å². The Morgan fingerprint density at radius 1 is 0.923 bits per heavy atom. The predicted molar refractivity (Wildman–Crippen MR) is 151 cm³/mol. The van der Waals surface area contributed by atoms with Crippen LogP contribution in [0.15, 0.2) is 102 Å². The third kappa shape index (κ3) is 6.19. The van der Waals surface area contributed by atoms with Crippen molar-refractivity contribution in [1.82, 2.24) is 0 Å². The van der Waals surface area contributed by atoms with Gasteiger partial charge in [-0.1, -0.05) is 82.7 Å². The molecule has 0 spiro atoms. The first-order chi connectivity index (χ1) is 19.0. The second-order valence-electron chi connectivity index (χ2n) is 9.06. The number of nitrogens with zero attached hydrogens (tertiary/aromatic N) is 1. The molecule has 39 heavy (non-hydrogen) atoms. The van der Waals surface area contributed by atoms with Crippen LogP contribution in [-0.4, -0.2) is 31.0 Å². The molecule has 0 saturated carbocycles. The number of ether oxygens (including phenoxy) is 4. The second-order valence-corrected chi connectivity index (χ2v) is 9.97. The molecule has 0 fully saturated rings. The number of hydrogen-bond donors (Lipinski definition) is 1. The van der Waals surface area contributed by atoms with Crippen molar-refractivity contribution in [2.24, 2.45) is 0 Å². The number of anilines is 1. The molecule has 1 heterocycles. The van der Waals surface area contributed by atoms with Gasteiger partial charge in [-0.25, -0.2) is 4.79 Å². The van der Waals surface area contributed by atoms with Gasteiger partial charge in [-0.2, -0.15) is 0 Å². The zero-order valence-electron chi connectivity index (χ0n) is 21.3. The minimum Gasteiger partial charge on any atom is -0.504 e. The molecule has 200 valence electrons. The number of methoxy groups -OCH3 is 1. The molecule has 0 radical (unpaired) electrons. The van der Waals surface area contributed by atoms with Crippen LogP contribution < -0.4 is 14.4 Å². The fourth-order valence-electron chi connectivity index (χ4n) is 4.56. The third-order valence-corrected chi connectivity index (χ3v) is 6.92. The number of fused-ring (bicyclic) bond motifs is 1. The minimum absolute atomic E-state index is 0.00351. The van der Waals surface area contributed by atoms with Crippen LogP contribution in [0.3, 0.4) is 0 Å². The summed E-state index contributed by atoms with van der Waals surface area (Å²) < 4.78 is 24.5. The van der Waals surface area contributed by atoms with Gasteiger partial charge in [-0.15, -0.1) is 0 Å². The van der Waals surface area contributed by atoms with Gasteiger partial charge >= 0.3 is 6.09 Å². The average molecular weight is 590 g/mol. The van der Waals surface area contributed by atoms with Crippen molar-refractivity contribution in [3.05, 3.63) is 118 Å². The quantitative estimate of drug-likeness (QED) is 0.238. The highest BCUT2D eigenvalue weighted by Gasteiger charge is 2.42. The number of phenolic OH excluding ortho intramolecular Hbond substituents is 1. The Morgan fingerprint density at radius 2 is 1.62 bits per heavy atom. The summed E-state index contributed by atoms with van der Waals surface area (Å²) >= 11 is 3.52. The Hall–Kier alpha value is -4.01. The Kier molecular flexibility index (Phi) is 8.34. The molecule has 4 aromatic rings. The smallest absolute Gasteiger partial charge is 0.415 e. The van der Waals surface area contributed by atoms with Gasteiger partial charge in [-0.3, -0.25) is 4.90 Å². The van der Waals surface area contributed by atoms with Gasteiger partial charge in [0.2, 0.25) is 0 Å². The molecule has 1 amide bonds. The summed E-state index contributed by atoms with van der Waals surface area (Å²) in [6, 6.07) is 29.2. The normalized spacial score (nSPS) is 16.2. The molecule has 1 N–H and O–H groups in total. The van der Waals surface area contributed by atoms with Crippen molar-refractivity contribution in [1.29, 1.82) is 0 Å². The lowest BCUT2D eigenvalue weighted by molar-refractivity contribution is 0.0210. The van der Waals surface area contributed by atoms with E-state index >= 15 is 0 Å². The Morgan fingerprint density at radius 3 is 2.31 bits per heavy atom. The van der Waals surface area contributed by atoms with E-state index in [-0.39, 0.29) is 24.7 Å². The van der Waals surface area contributed by atoms with Crippen molar-refractivity contribution in [2.45, 2.75) is 25.4 Å². The monoisotopic (exact) mass is 589 g/mol. The topological polar surface area (TPSA) is 77.5 Å². The van der Waals surface area contributed by atoms with Crippen LogP contribution >= 0.6 is 15.9 Å². The van der Waals surface area contributed by atoms with Crippen molar-refractivity contribution in [3.8, 4) is 17.2 Å². The first-order valence-electron chi connectivity index (χ1n) is 12.5. The maximum atomic E-state index is 13.8. The summed E-state index contributed by atoms with van der Waals surface area (Å²) in [6.45, 7) is 0.694. The van der Waals surface area contributed by atoms with Crippen LogP contribution in [0.1, 0.15) is 22.7 Å². The van der Waals surface area contributed by atoms with E-state index in [1.54, 1.807) is 23.1 Å². The van der Waals surface area contributed by atoms with E-state index in [0.717, 1.165) is 15.6 Å². The lowest BCUT2D eigenvalue weighted by Gasteiger charge is -2.41. The first-order valence-corrected chi connectivity index (χ1v) is 13.3. The van der Waals surface area contributed by atoms with Gasteiger partial charge < -0.3 is 24.1 Å². The van der Waals surface area contributed by atoms with E-state index in [4.69, 9.17) is 18.9 Å². The average Bonchev–Trinajstić information content (AvgIpc) is 2.97. The molecule has 2 atom stereocenters. The maximum absolute atomic E-state index is 13.8. The number of halogens is 1. The summed E-state index contributed by atoms with van der Waals surface area (Å²) in [6.07, 6.45) is -1.12. The van der Waals surface area contributed by atoms with E-state index in [0.29, 0.717) is 23.6 Å². The van der Waals surface area contributed by atoms with Crippen LogP contribution in [0.25, 0.3) is 0 Å². The lowest BCUT2D eigenvalue weighted by Crippen LogP contribution is -2.48. The molecule has 0 unspecified atom stereocenters. The highest BCUT2D eigenvalue weighted by molar-refractivity contribution is 9.10. The highest BCUT2D eigenvalue weighted by Crippen LogP contribution is 2.45. The van der Waals surface area contributed by atoms with Crippen molar-refractivity contribution >= 4 is 27.7 Å². The number of aromatic hydroxyl groups is 1. The van der Waals surface area contributed by atoms with Crippen molar-refractivity contribution in [3.63, 3.8) is 0 Å². The summed E-state index contributed by atoms with van der Waals surface area (Å²) in [5.41, 5.74) is 3.15. The zero-order chi connectivity index (χ0) is 27.2. The third-order valence-electron chi connectivity index (χ3n) is 6.43. The molecule has 0 saturated heterocycles. The molecular formula is C31H28BrNO6. The van der Waals surface area contributed by atoms with Crippen molar-refractivity contribution < 1.29 is 28.8 Å². The fraction of sp³-hybridized carbons (Fsp3) is 0.194. The van der Waals surface area contributed by atoms with E-state index in [1.165, 1.54) is 7.11 Å².